The normalized spacial score (nSPS) is 12.4. The molecule has 2 aromatic carbocycles. The summed E-state index contributed by atoms with van der Waals surface area (Å²) in [7, 11) is 0. The summed E-state index contributed by atoms with van der Waals surface area (Å²) in [6.45, 7) is 6.72. The zero-order chi connectivity index (χ0) is 36.1. The van der Waals surface area contributed by atoms with Crippen LogP contribution >= 0.6 is 27.7 Å². The molecule has 0 spiro atoms. The van der Waals surface area contributed by atoms with E-state index in [-0.39, 0.29) is 34.7 Å². The van der Waals surface area contributed by atoms with Crippen LogP contribution in [0.2, 0.25) is 0 Å². The van der Waals surface area contributed by atoms with Gasteiger partial charge in [0.15, 0.2) is 0 Å². The number of hydrogen-bond donors (Lipinski definition) is 3. The van der Waals surface area contributed by atoms with Crippen molar-refractivity contribution < 1.29 is 33.1 Å². The van der Waals surface area contributed by atoms with E-state index in [0.29, 0.717) is 31.6 Å². The summed E-state index contributed by atoms with van der Waals surface area (Å²) < 4.78 is 31.2. The number of hydrogen-bond acceptors (Lipinski definition) is 6. The SMILES string of the molecule is CC(C)(C)[C@H](c1cc(-c2cc(F)ccc2F)cn1Cc1ccccc1)N(CCCN)C(=O)CSCCC(=O)N=C(CNC(=O)CBr)C(=O)O. The first-order chi connectivity index (χ1) is 23.2. The molecular weight excluding hydrogens is 720 g/mol. The summed E-state index contributed by atoms with van der Waals surface area (Å²) in [4.78, 5) is 54.7. The number of halogens is 3. The van der Waals surface area contributed by atoms with Gasteiger partial charge in [-0.25, -0.2) is 18.6 Å². The molecule has 0 fully saturated rings. The van der Waals surface area contributed by atoms with Gasteiger partial charge >= 0.3 is 5.97 Å². The Morgan fingerprint density at radius 1 is 1.10 bits per heavy atom. The second-order valence-electron chi connectivity index (χ2n) is 12.4. The highest BCUT2D eigenvalue weighted by Gasteiger charge is 2.37. The van der Waals surface area contributed by atoms with Crippen LogP contribution in [0.4, 0.5) is 8.78 Å². The Kier molecular flexibility index (Phi) is 15.1. The molecule has 0 saturated heterocycles. The number of carboxylic acid groups (broad SMARTS) is 1. The van der Waals surface area contributed by atoms with Crippen molar-refractivity contribution in [1.82, 2.24) is 14.8 Å². The van der Waals surface area contributed by atoms with E-state index in [1.165, 1.54) is 11.8 Å². The van der Waals surface area contributed by atoms with Crippen LogP contribution in [-0.4, -0.2) is 80.4 Å². The molecule has 14 heteroatoms. The second kappa shape index (κ2) is 18.8. The van der Waals surface area contributed by atoms with Gasteiger partial charge in [-0.05, 0) is 48.2 Å². The number of nitrogens with zero attached hydrogens (tertiary/aromatic N) is 3. The highest BCUT2D eigenvalue weighted by atomic mass is 79.9. The van der Waals surface area contributed by atoms with Crippen molar-refractivity contribution in [1.29, 1.82) is 0 Å². The Morgan fingerprint density at radius 2 is 1.82 bits per heavy atom. The Balaban J connectivity index is 1.89. The standard InChI is InChI=1S/C35H42BrF2N5O5S/c1-35(2,3)33(29-16-24(26-17-25(37)10-11-27(26)38)21-42(29)20-23-8-5-4-6-9-23)43(14-7-13-39)32(46)22-49-15-12-30(44)41-28(34(47)48)19-40-31(45)18-36/h4-6,8-11,16-17,21,33H,7,12-15,18-20,22,39H2,1-3H3,(H,40,45)(H,47,48)/t33-/m0/s1. The van der Waals surface area contributed by atoms with Gasteiger partial charge in [-0.3, -0.25) is 14.4 Å². The minimum Gasteiger partial charge on any atom is -0.477 e. The van der Waals surface area contributed by atoms with Crippen LogP contribution in [0, 0.1) is 17.0 Å². The van der Waals surface area contributed by atoms with Crippen molar-refractivity contribution in [2.75, 3.05) is 36.5 Å². The van der Waals surface area contributed by atoms with Crippen LogP contribution in [0.3, 0.4) is 0 Å². The van der Waals surface area contributed by atoms with Crippen LogP contribution in [0.25, 0.3) is 11.1 Å². The van der Waals surface area contributed by atoms with Gasteiger partial charge in [0, 0.05) is 48.3 Å². The van der Waals surface area contributed by atoms with Gasteiger partial charge < -0.3 is 25.6 Å². The molecule has 3 aromatic rings. The number of aliphatic imine (C=N–C) groups is 1. The fraction of sp³-hybridized carbons (Fsp3) is 0.400. The van der Waals surface area contributed by atoms with Gasteiger partial charge in [-0.15, -0.1) is 0 Å². The monoisotopic (exact) mass is 761 g/mol. The number of alkyl halides is 1. The summed E-state index contributed by atoms with van der Waals surface area (Å²) in [5.41, 5.74) is 7.20. The number of carbonyl (C=O) groups is 4. The molecule has 0 unspecified atom stereocenters. The van der Waals surface area contributed by atoms with E-state index in [4.69, 9.17) is 5.73 Å². The highest BCUT2D eigenvalue weighted by Crippen LogP contribution is 2.41. The maximum atomic E-state index is 15.0. The van der Waals surface area contributed by atoms with Crippen molar-refractivity contribution >= 4 is 57.1 Å². The van der Waals surface area contributed by atoms with Gasteiger partial charge in [0.25, 0.3) is 0 Å². The molecule has 264 valence electrons. The summed E-state index contributed by atoms with van der Waals surface area (Å²) in [6, 6.07) is 14.3. The molecule has 1 atom stereocenters. The van der Waals surface area contributed by atoms with Gasteiger partial charge in [-0.1, -0.05) is 67.0 Å². The summed E-state index contributed by atoms with van der Waals surface area (Å²) in [6.07, 6.45) is 2.18. The first kappa shape index (κ1) is 39.6. The third kappa shape index (κ3) is 11.9. The van der Waals surface area contributed by atoms with E-state index < -0.39 is 53.1 Å². The van der Waals surface area contributed by atoms with Crippen LogP contribution in [-0.2, 0) is 25.7 Å². The number of nitrogens with two attached hydrogens (primary N) is 1. The lowest BCUT2D eigenvalue weighted by molar-refractivity contribution is -0.133. The second-order valence-corrected chi connectivity index (χ2v) is 14.0. The van der Waals surface area contributed by atoms with Gasteiger partial charge in [0.1, 0.15) is 17.3 Å². The molecule has 10 nitrogen and oxygen atoms in total. The average Bonchev–Trinajstić information content (AvgIpc) is 3.45. The minimum atomic E-state index is -1.42. The highest BCUT2D eigenvalue weighted by molar-refractivity contribution is 9.09. The molecule has 4 N–H and O–H groups in total. The number of carbonyl (C=O) groups excluding carboxylic acids is 3. The van der Waals surface area contributed by atoms with Crippen molar-refractivity contribution in [3.8, 4) is 11.1 Å². The third-order valence-corrected chi connectivity index (χ3v) is 8.92. The van der Waals surface area contributed by atoms with E-state index in [9.17, 15) is 33.1 Å². The fourth-order valence-corrected chi connectivity index (χ4v) is 6.27. The zero-order valence-corrected chi connectivity index (χ0v) is 30.2. The van der Waals surface area contributed by atoms with Crippen LogP contribution < -0.4 is 11.1 Å². The number of benzene rings is 2. The average molecular weight is 763 g/mol. The zero-order valence-electron chi connectivity index (χ0n) is 27.8. The molecule has 1 aromatic heterocycles. The van der Waals surface area contributed by atoms with Crippen molar-refractivity contribution in [3.63, 3.8) is 0 Å². The predicted octanol–water partition coefficient (Wildman–Crippen LogP) is 5.43. The summed E-state index contributed by atoms with van der Waals surface area (Å²) in [5.74, 6) is -3.68. The molecule has 3 amide bonds. The van der Waals surface area contributed by atoms with Crippen molar-refractivity contribution in [2.24, 2.45) is 16.1 Å². The quantitative estimate of drug-likeness (QED) is 0.0945. The number of amides is 3. The maximum absolute atomic E-state index is 15.0. The van der Waals surface area contributed by atoms with E-state index in [1.54, 1.807) is 11.1 Å². The van der Waals surface area contributed by atoms with E-state index in [1.807, 2.05) is 61.7 Å². The predicted molar refractivity (Wildman–Crippen MR) is 192 cm³/mol. The smallest absolute Gasteiger partial charge is 0.352 e. The molecule has 0 radical (unpaired) electrons. The number of aromatic nitrogens is 1. The maximum Gasteiger partial charge on any atom is 0.352 e. The Bertz CT molecular complexity index is 1640. The van der Waals surface area contributed by atoms with Gasteiger partial charge in [-0.2, -0.15) is 11.8 Å². The topological polar surface area (TPSA) is 147 Å². The van der Waals surface area contributed by atoms with Crippen LogP contribution in [0.5, 0.6) is 0 Å². The summed E-state index contributed by atoms with van der Waals surface area (Å²) in [5, 5.41) is 11.7. The minimum absolute atomic E-state index is 0.0199. The number of carboxylic acids is 1. The van der Waals surface area contributed by atoms with Crippen molar-refractivity contribution in [2.45, 2.75) is 46.2 Å². The molecule has 0 bridgehead atoms. The van der Waals surface area contributed by atoms with E-state index in [2.05, 4.69) is 26.2 Å². The van der Waals surface area contributed by atoms with Gasteiger partial charge in [0.05, 0.1) is 23.7 Å². The first-order valence-corrected chi connectivity index (χ1v) is 18.0. The lowest BCUT2D eigenvalue weighted by atomic mass is 9.83. The Hall–Kier alpha value is -3.88. The Morgan fingerprint density at radius 3 is 2.45 bits per heavy atom. The molecule has 0 aliphatic rings. The first-order valence-electron chi connectivity index (χ1n) is 15.7. The largest absolute Gasteiger partial charge is 0.477 e. The lowest BCUT2D eigenvalue weighted by Crippen LogP contribution is -2.44. The lowest BCUT2D eigenvalue weighted by Gasteiger charge is -2.41. The third-order valence-electron chi connectivity index (χ3n) is 7.47. The molecule has 0 aliphatic heterocycles. The van der Waals surface area contributed by atoms with Crippen molar-refractivity contribution in [3.05, 3.63) is 83.7 Å². The molecule has 1 heterocycles. The fourth-order valence-electron chi connectivity index (χ4n) is 5.27. The van der Waals surface area contributed by atoms with Gasteiger partial charge in [0.2, 0.25) is 17.7 Å². The Labute approximate surface area is 297 Å². The number of nitrogens with one attached hydrogen (secondary N) is 1. The molecule has 3 rings (SSSR count). The molecule has 0 saturated carbocycles. The van der Waals surface area contributed by atoms with E-state index in [0.717, 1.165) is 29.5 Å². The number of rotatable bonds is 17. The summed E-state index contributed by atoms with van der Waals surface area (Å²) >= 11 is 4.17. The molecular formula is C35H42BrF2N5O5S. The van der Waals surface area contributed by atoms with Crippen LogP contribution in [0.1, 0.15) is 50.9 Å². The molecule has 49 heavy (non-hydrogen) atoms. The van der Waals surface area contributed by atoms with E-state index >= 15 is 0 Å². The molecule has 0 aliphatic carbocycles. The number of thioether (sulfide) groups is 1. The van der Waals surface area contributed by atoms with Crippen LogP contribution in [0.15, 0.2) is 65.8 Å². The number of aliphatic carboxylic acids is 1.